The number of nitrogens with zero attached hydrogens (tertiary/aromatic N) is 3. The van der Waals surface area contributed by atoms with Crippen LogP contribution in [0.15, 0.2) is 106 Å². The summed E-state index contributed by atoms with van der Waals surface area (Å²) in [5, 5.41) is 10.3. The molecule has 5 rings (SSSR count). The van der Waals surface area contributed by atoms with E-state index in [4.69, 9.17) is 9.52 Å². The number of hydrazone groups is 2. The average Bonchev–Trinajstić information content (AvgIpc) is 3.32. The number of amidine groups is 1. The molecule has 4 aromatic rings. The van der Waals surface area contributed by atoms with Crippen LogP contribution >= 0.6 is 0 Å². The minimum atomic E-state index is -0.404. The van der Waals surface area contributed by atoms with Crippen molar-refractivity contribution in [3.8, 4) is 0 Å². The third kappa shape index (κ3) is 6.00. The molecule has 0 radical (unpaired) electrons. The molecule has 2 heterocycles. The van der Waals surface area contributed by atoms with Gasteiger partial charge < -0.3 is 9.32 Å². The second-order valence-electron chi connectivity index (χ2n) is 9.20. The predicted molar refractivity (Wildman–Crippen MR) is 154 cm³/mol. The van der Waals surface area contributed by atoms with Crippen molar-refractivity contribution in [3.63, 3.8) is 0 Å². The van der Waals surface area contributed by atoms with Gasteiger partial charge >= 0.3 is 5.91 Å². The second-order valence-corrected chi connectivity index (χ2v) is 9.20. The van der Waals surface area contributed by atoms with Crippen molar-refractivity contribution < 1.29 is 9.21 Å². The Morgan fingerprint density at radius 2 is 1.55 bits per heavy atom. The van der Waals surface area contributed by atoms with Crippen LogP contribution in [0.3, 0.4) is 0 Å². The van der Waals surface area contributed by atoms with Crippen LogP contribution < -0.4 is 10.9 Å². The van der Waals surface area contributed by atoms with Crippen LogP contribution in [0.2, 0.25) is 0 Å². The van der Waals surface area contributed by atoms with Gasteiger partial charge in [-0.2, -0.15) is 10.2 Å². The number of fused-ring (bicyclic) bond motifs is 1. The van der Waals surface area contributed by atoms with Crippen molar-refractivity contribution in [2.45, 2.75) is 26.2 Å². The number of rotatable bonds is 7. The Labute approximate surface area is 222 Å². The van der Waals surface area contributed by atoms with Crippen molar-refractivity contribution in [2.75, 3.05) is 18.5 Å². The molecule has 1 aliphatic heterocycles. The molecule has 38 heavy (non-hydrogen) atoms. The highest BCUT2D eigenvalue weighted by Crippen LogP contribution is 2.24. The second kappa shape index (κ2) is 12.1. The molecule has 3 aromatic carbocycles. The van der Waals surface area contributed by atoms with Gasteiger partial charge in [0.05, 0.1) is 5.69 Å². The van der Waals surface area contributed by atoms with Gasteiger partial charge in [0.2, 0.25) is 0 Å². The number of piperidine rings is 1. The SMILES string of the molecule is Cc1c(C(=O)N/N=C(/C=C/c2ccccc2)C(=N/Nc2ccccc2)\N2CCCCC2)oc2ccccc12. The van der Waals surface area contributed by atoms with Gasteiger partial charge in [-0.05, 0) is 56.0 Å². The molecule has 0 saturated carbocycles. The van der Waals surface area contributed by atoms with Gasteiger partial charge in [-0.3, -0.25) is 10.2 Å². The number of para-hydroxylation sites is 2. The Morgan fingerprint density at radius 3 is 2.29 bits per heavy atom. The highest BCUT2D eigenvalue weighted by molar-refractivity contribution is 6.46. The minimum Gasteiger partial charge on any atom is -0.451 e. The number of likely N-dealkylation sites (tertiary alicyclic amines) is 1. The summed E-state index contributed by atoms with van der Waals surface area (Å²) in [6, 6.07) is 27.4. The topological polar surface area (TPSA) is 82.2 Å². The van der Waals surface area contributed by atoms with E-state index in [-0.39, 0.29) is 5.76 Å². The number of benzene rings is 3. The molecular formula is C31H31N5O2. The molecule has 1 fully saturated rings. The van der Waals surface area contributed by atoms with Gasteiger partial charge in [-0.1, -0.05) is 72.8 Å². The number of furan rings is 1. The first-order valence-corrected chi connectivity index (χ1v) is 12.9. The standard InChI is InChI=1S/C31H31N5O2/c1-23-26-17-9-10-18-28(26)38-29(23)31(37)35-33-27(20-19-24-13-5-2-6-14-24)30(36-21-11-4-12-22-36)34-32-25-15-7-3-8-16-25/h2-3,5-10,13-20,32H,4,11-12,21-22H2,1H3,(H,35,37)/b20-19+,33-27-,34-30+. The molecule has 1 aromatic heterocycles. The molecule has 0 aliphatic carbocycles. The van der Waals surface area contributed by atoms with E-state index in [1.54, 1.807) is 0 Å². The van der Waals surface area contributed by atoms with Gasteiger partial charge in [-0.25, -0.2) is 5.43 Å². The molecule has 2 N–H and O–H groups in total. The maximum absolute atomic E-state index is 13.2. The summed E-state index contributed by atoms with van der Waals surface area (Å²) in [7, 11) is 0. The highest BCUT2D eigenvalue weighted by atomic mass is 16.3. The van der Waals surface area contributed by atoms with Crippen molar-refractivity contribution in [3.05, 3.63) is 108 Å². The van der Waals surface area contributed by atoms with E-state index in [9.17, 15) is 4.79 Å². The number of anilines is 1. The Morgan fingerprint density at radius 1 is 0.868 bits per heavy atom. The summed E-state index contributed by atoms with van der Waals surface area (Å²) in [6.07, 6.45) is 7.19. The third-order valence-corrected chi connectivity index (χ3v) is 6.51. The summed E-state index contributed by atoms with van der Waals surface area (Å²) < 4.78 is 5.85. The smallest absolute Gasteiger partial charge is 0.307 e. The van der Waals surface area contributed by atoms with Gasteiger partial charge in [0.25, 0.3) is 0 Å². The van der Waals surface area contributed by atoms with Crippen LogP contribution in [0.1, 0.15) is 40.9 Å². The fourth-order valence-corrected chi connectivity index (χ4v) is 4.48. The third-order valence-electron chi connectivity index (χ3n) is 6.51. The fourth-order valence-electron chi connectivity index (χ4n) is 4.48. The van der Waals surface area contributed by atoms with E-state index in [0.29, 0.717) is 17.1 Å². The first kappa shape index (κ1) is 25.0. The largest absolute Gasteiger partial charge is 0.451 e. The number of hydrogen-bond acceptors (Lipinski definition) is 5. The number of aryl methyl sites for hydroxylation is 1. The van der Waals surface area contributed by atoms with Crippen LogP contribution in [-0.2, 0) is 0 Å². The molecule has 1 amide bonds. The lowest BCUT2D eigenvalue weighted by molar-refractivity contribution is 0.0928. The lowest BCUT2D eigenvalue weighted by Crippen LogP contribution is -2.41. The molecule has 0 atom stereocenters. The van der Waals surface area contributed by atoms with Crippen molar-refractivity contribution in [2.24, 2.45) is 10.2 Å². The number of hydrogen-bond donors (Lipinski definition) is 2. The first-order chi connectivity index (χ1) is 18.7. The van der Waals surface area contributed by atoms with Crippen LogP contribution in [0.25, 0.3) is 17.0 Å². The van der Waals surface area contributed by atoms with Crippen LogP contribution in [-0.4, -0.2) is 35.4 Å². The summed E-state index contributed by atoms with van der Waals surface area (Å²) in [4.78, 5) is 15.4. The first-order valence-electron chi connectivity index (χ1n) is 12.9. The lowest BCUT2D eigenvalue weighted by Gasteiger charge is -2.29. The molecular weight excluding hydrogens is 474 g/mol. The van der Waals surface area contributed by atoms with Gasteiger partial charge in [-0.15, -0.1) is 0 Å². The van der Waals surface area contributed by atoms with E-state index < -0.39 is 5.91 Å². The maximum atomic E-state index is 13.2. The molecule has 0 unspecified atom stereocenters. The van der Waals surface area contributed by atoms with Gasteiger partial charge in [0, 0.05) is 24.0 Å². The van der Waals surface area contributed by atoms with Crippen LogP contribution in [0, 0.1) is 6.92 Å². The average molecular weight is 506 g/mol. The summed E-state index contributed by atoms with van der Waals surface area (Å²) in [5.74, 6) is 0.515. The van der Waals surface area contributed by atoms with Gasteiger partial charge in [0.15, 0.2) is 11.6 Å². The van der Waals surface area contributed by atoms with E-state index in [1.165, 1.54) is 6.42 Å². The molecule has 1 aliphatic rings. The summed E-state index contributed by atoms with van der Waals surface area (Å²) >= 11 is 0. The zero-order chi connectivity index (χ0) is 26.2. The highest BCUT2D eigenvalue weighted by Gasteiger charge is 2.21. The molecule has 7 heteroatoms. The Kier molecular flexibility index (Phi) is 7.94. The normalized spacial score (nSPS) is 14.7. The zero-order valence-electron chi connectivity index (χ0n) is 21.4. The lowest BCUT2D eigenvalue weighted by atomic mass is 10.1. The zero-order valence-corrected chi connectivity index (χ0v) is 21.4. The maximum Gasteiger partial charge on any atom is 0.307 e. The van der Waals surface area contributed by atoms with Crippen LogP contribution in [0.4, 0.5) is 5.69 Å². The van der Waals surface area contributed by atoms with Crippen molar-refractivity contribution in [1.82, 2.24) is 10.3 Å². The monoisotopic (exact) mass is 505 g/mol. The molecule has 0 spiro atoms. The van der Waals surface area contributed by atoms with Crippen LogP contribution in [0.5, 0.6) is 0 Å². The Hall–Kier alpha value is -4.65. The number of nitrogens with one attached hydrogen (secondary N) is 2. The molecule has 0 bridgehead atoms. The summed E-state index contributed by atoms with van der Waals surface area (Å²) in [6.45, 7) is 3.61. The van der Waals surface area contributed by atoms with Crippen molar-refractivity contribution >= 4 is 40.2 Å². The number of carbonyl (C=O) groups excluding carboxylic acids is 1. The molecule has 1 saturated heterocycles. The minimum absolute atomic E-state index is 0.250. The van der Waals surface area contributed by atoms with E-state index in [2.05, 4.69) is 20.9 Å². The quantitative estimate of drug-likeness (QED) is 0.172. The number of carbonyl (C=O) groups is 1. The summed E-state index contributed by atoms with van der Waals surface area (Å²) in [5.41, 5.74) is 9.78. The number of amides is 1. The van der Waals surface area contributed by atoms with Crippen molar-refractivity contribution in [1.29, 1.82) is 0 Å². The predicted octanol–water partition coefficient (Wildman–Crippen LogP) is 6.45. The van der Waals surface area contributed by atoms with E-state index in [0.717, 1.165) is 48.1 Å². The van der Waals surface area contributed by atoms with Gasteiger partial charge in [0.1, 0.15) is 11.3 Å². The fraction of sp³-hybridized carbons (Fsp3) is 0.194. The molecule has 192 valence electrons. The van der Waals surface area contributed by atoms with E-state index >= 15 is 0 Å². The Bertz CT molecular complexity index is 1470. The Balaban J connectivity index is 1.49. The molecule has 7 nitrogen and oxygen atoms in total. The van der Waals surface area contributed by atoms with E-state index in [1.807, 2.05) is 104 Å².